The highest BCUT2D eigenvalue weighted by molar-refractivity contribution is 7.93. The quantitative estimate of drug-likeness (QED) is 0.751. The predicted octanol–water partition coefficient (Wildman–Crippen LogP) is -0.557. The summed E-state index contributed by atoms with van der Waals surface area (Å²) in [5.41, 5.74) is 0. The van der Waals surface area contributed by atoms with E-state index >= 15 is 0 Å². The van der Waals surface area contributed by atoms with Crippen LogP contribution >= 0.6 is 0 Å². The van der Waals surface area contributed by atoms with E-state index < -0.39 is 20.5 Å². The van der Waals surface area contributed by atoms with Crippen molar-refractivity contribution in [3.8, 4) is 0 Å². The van der Waals surface area contributed by atoms with Crippen LogP contribution in [-0.4, -0.2) is 54.8 Å². The van der Waals surface area contributed by atoms with Crippen LogP contribution in [-0.2, 0) is 19.4 Å². The Morgan fingerprint density at radius 2 is 2.00 bits per heavy atom. The Kier molecular flexibility index (Phi) is 2.68. The van der Waals surface area contributed by atoms with Gasteiger partial charge in [-0.25, -0.2) is 8.42 Å². The van der Waals surface area contributed by atoms with Crippen molar-refractivity contribution in [2.45, 2.75) is 48.9 Å². The number of likely N-dealkylation sites (tertiary alicyclic amines) is 1. The van der Waals surface area contributed by atoms with Gasteiger partial charge in [0.25, 0.3) is 0 Å². The topological polar surface area (TPSA) is 83.5 Å². The van der Waals surface area contributed by atoms with Gasteiger partial charge in [-0.3, -0.25) is 9.59 Å². The Bertz CT molecular complexity index is 534. The average Bonchev–Trinajstić information content (AvgIpc) is 3.18. The maximum atomic E-state index is 12.1. The zero-order valence-corrected chi connectivity index (χ0v) is 11.7. The molecular formula is C12H18N2O4S. The molecule has 0 aromatic heterocycles. The van der Waals surface area contributed by atoms with E-state index in [-0.39, 0.29) is 11.9 Å². The van der Waals surface area contributed by atoms with Gasteiger partial charge in [-0.05, 0) is 25.7 Å². The van der Waals surface area contributed by atoms with Gasteiger partial charge < -0.3 is 10.2 Å². The molecule has 0 bridgehead atoms. The molecule has 7 heteroatoms. The zero-order chi connectivity index (χ0) is 13.8. The van der Waals surface area contributed by atoms with E-state index in [1.807, 2.05) is 4.90 Å². The number of amides is 2. The Morgan fingerprint density at radius 3 is 2.47 bits per heavy atom. The molecule has 1 heterocycles. The Morgan fingerprint density at radius 1 is 1.37 bits per heavy atom. The minimum Gasteiger partial charge on any atom is -0.350 e. The first-order valence-corrected chi connectivity index (χ1v) is 8.53. The van der Waals surface area contributed by atoms with Crippen molar-refractivity contribution in [2.24, 2.45) is 0 Å². The third-order valence-corrected chi connectivity index (χ3v) is 6.32. The van der Waals surface area contributed by atoms with Crippen molar-refractivity contribution in [1.82, 2.24) is 10.2 Å². The molecule has 3 fully saturated rings. The Hall–Kier alpha value is -1.11. The number of sulfone groups is 1. The highest BCUT2D eigenvalue weighted by Gasteiger charge is 2.59. The van der Waals surface area contributed by atoms with E-state index in [1.165, 1.54) is 0 Å². The number of nitrogens with one attached hydrogen (secondary N) is 1. The molecule has 6 nitrogen and oxygen atoms in total. The van der Waals surface area contributed by atoms with E-state index in [9.17, 15) is 18.0 Å². The molecule has 1 atom stereocenters. The molecule has 0 radical (unpaired) electrons. The second kappa shape index (κ2) is 3.94. The summed E-state index contributed by atoms with van der Waals surface area (Å²) in [5, 5.41) is 2.75. The highest BCUT2D eigenvalue weighted by Crippen LogP contribution is 2.43. The lowest BCUT2D eigenvalue weighted by molar-refractivity contribution is -0.128. The van der Waals surface area contributed by atoms with Crippen molar-refractivity contribution in [1.29, 1.82) is 0 Å². The summed E-state index contributed by atoms with van der Waals surface area (Å²) < 4.78 is 22.1. The largest absolute Gasteiger partial charge is 0.350 e. The van der Waals surface area contributed by atoms with Gasteiger partial charge in [0, 0.05) is 25.3 Å². The van der Waals surface area contributed by atoms with Crippen LogP contribution in [0.1, 0.15) is 32.1 Å². The molecule has 1 aliphatic heterocycles. The van der Waals surface area contributed by atoms with Crippen molar-refractivity contribution in [3.05, 3.63) is 0 Å². The summed E-state index contributed by atoms with van der Waals surface area (Å²) in [6, 6.07) is 0.110. The van der Waals surface area contributed by atoms with Gasteiger partial charge in [-0.2, -0.15) is 0 Å². The van der Waals surface area contributed by atoms with Gasteiger partial charge in [-0.15, -0.1) is 0 Å². The molecular weight excluding hydrogens is 268 g/mol. The summed E-state index contributed by atoms with van der Waals surface area (Å²) in [7, 11) is -3.37. The maximum Gasteiger partial charge on any atom is 0.241 e. The molecule has 0 aromatic carbocycles. The second-order valence-corrected chi connectivity index (χ2v) is 8.24. The summed E-state index contributed by atoms with van der Waals surface area (Å²) in [5.74, 6) is -0.359. The van der Waals surface area contributed by atoms with Crippen LogP contribution in [0, 0.1) is 0 Å². The lowest BCUT2D eigenvalue weighted by atomic mass is 10.2. The van der Waals surface area contributed by atoms with Gasteiger partial charge in [0.05, 0.1) is 6.04 Å². The molecule has 2 aliphatic carbocycles. The Labute approximate surface area is 112 Å². The first-order chi connectivity index (χ1) is 8.83. The fraction of sp³-hybridized carbons (Fsp3) is 0.833. The molecule has 3 rings (SSSR count). The summed E-state index contributed by atoms with van der Waals surface area (Å²) >= 11 is 0. The van der Waals surface area contributed by atoms with Gasteiger partial charge >= 0.3 is 0 Å². The fourth-order valence-corrected chi connectivity index (χ4v) is 4.00. The number of hydrogen-bond acceptors (Lipinski definition) is 4. The molecule has 3 aliphatic rings. The number of carbonyl (C=O) groups is 2. The molecule has 2 amide bonds. The van der Waals surface area contributed by atoms with Crippen LogP contribution in [0.25, 0.3) is 0 Å². The van der Waals surface area contributed by atoms with Crippen LogP contribution in [0.5, 0.6) is 0 Å². The van der Waals surface area contributed by atoms with Gasteiger partial charge in [0.1, 0.15) is 0 Å². The van der Waals surface area contributed by atoms with Gasteiger partial charge in [-0.1, -0.05) is 0 Å². The molecule has 19 heavy (non-hydrogen) atoms. The monoisotopic (exact) mass is 286 g/mol. The summed E-state index contributed by atoms with van der Waals surface area (Å²) in [4.78, 5) is 25.7. The molecule has 1 unspecified atom stereocenters. The third kappa shape index (κ3) is 2.13. The first kappa shape index (κ1) is 12.9. The second-order valence-electron chi connectivity index (χ2n) is 5.92. The summed E-state index contributed by atoms with van der Waals surface area (Å²) in [6.07, 6.45) is 4.27. The van der Waals surface area contributed by atoms with E-state index in [0.29, 0.717) is 31.8 Å². The van der Waals surface area contributed by atoms with Crippen LogP contribution < -0.4 is 5.32 Å². The van der Waals surface area contributed by atoms with Crippen LogP contribution in [0.2, 0.25) is 0 Å². The third-order valence-electron chi connectivity index (χ3n) is 4.31. The lowest BCUT2D eigenvalue weighted by Crippen LogP contribution is -2.47. The standard InChI is InChI=1S/C12H18N2O4S/c1-19(17,18)12(4-5-12)11(16)13-8-6-10(15)14(7-8)9-2-3-9/h8-9H,2-7H2,1H3,(H,13,16). The number of rotatable bonds is 4. The fourth-order valence-electron chi connectivity index (χ4n) is 2.76. The molecule has 0 aromatic rings. The normalized spacial score (nSPS) is 29.4. The minimum absolute atomic E-state index is 0.0667. The molecule has 0 spiro atoms. The molecule has 1 N–H and O–H groups in total. The first-order valence-electron chi connectivity index (χ1n) is 6.63. The molecule has 106 valence electrons. The zero-order valence-electron chi connectivity index (χ0n) is 10.9. The highest BCUT2D eigenvalue weighted by atomic mass is 32.2. The van der Waals surface area contributed by atoms with Crippen LogP contribution in [0.15, 0.2) is 0 Å². The number of nitrogens with zero attached hydrogens (tertiary/aromatic N) is 1. The maximum absolute atomic E-state index is 12.1. The minimum atomic E-state index is -3.37. The van der Waals surface area contributed by atoms with E-state index in [4.69, 9.17) is 0 Å². The number of hydrogen-bond donors (Lipinski definition) is 1. The molecule has 1 saturated heterocycles. The van der Waals surface area contributed by atoms with Gasteiger partial charge in [0.2, 0.25) is 11.8 Å². The lowest BCUT2D eigenvalue weighted by Gasteiger charge is -2.18. The summed E-state index contributed by atoms with van der Waals surface area (Å²) in [6.45, 7) is 0.523. The van der Waals surface area contributed by atoms with Gasteiger partial charge in [0.15, 0.2) is 14.6 Å². The smallest absolute Gasteiger partial charge is 0.241 e. The van der Waals surface area contributed by atoms with Crippen LogP contribution in [0.4, 0.5) is 0 Å². The molecule has 2 saturated carbocycles. The SMILES string of the molecule is CS(=O)(=O)C1(C(=O)NC2CC(=O)N(C3CC3)C2)CC1. The van der Waals surface area contributed by atoms with Crippen molar-refractivity contribution in [2.75, 3.05) is 12.8 Å². The van der Waals surface area contributed by atoms with Crippen molar-refractivity contribution >= 4 is 21.7 Å². The van der Waals surface area contributed by atoms with Crippen LogP contribution in [0.3, 0.4) is 0 Å². The van der Waals surface area contributed by atoms with Crippen molar-refractivity contribution < 1.29 is 18.0 Å². The van der Waals surface area contributed by atoms with E-state index in [2.05, 4.69) is 5.32 Å². The Balaban J connectivity index is 1.64. The predicted molar refractivity (Wildman–Crippen MR) is 68.1 cm³/mol. The average molecular weight is 286 g/mol. The van der Waals surface area contributed by atoms with Crippen molar-refractivity contribution in [3.63, 3.8) is 0 Å². The van der Waals surface area contributed by atoms with E-state index in [0.717, 1.165) is 19.1 Å². The number of carbonyl (C=O) groups excluding carboxylic acids is 2. The van der Waals surface area contributed by atoms with E-state index in [1.54, 1.807) is 0 Å².